The van der Waals surface area contributed by atoms with Crippen molar-refractivity contribution < 1.29 is 8.42 Å². The highest BCUT2D eigenvalue weighted by atomic mass is 32.2. The van der Waals surface area contributed by atoms with Gasteiger partial charge in [0.05, 0.1) is 12.8 Å². The summed E-state index contributed by atoms with van der Waals surface area (Å²) < 4.78 is 21.0. The molecule has 0 aromatic carbocycles. The molecule has 0 aliphatic carbocycles. The third kappa shape index (κ3) is 3.18. The number of nitrogens with zero attached hydrogens (tertiary/aromatic N) is 2. The molecule has 1 heterocycles. The molecule has 0 fully saturated rings. The van der Waals surface area contributed by atoms with E-state index < -0.39 is 10.3 Å². The molecule has 1 aliphatic heterocycles. The summed E-state index contributed by atoms with van der Waals surface area (Å²) >= 11 is 0. The quantitative estimate of drug-likeness (QED) is 0.493. The molecule has 0 spiro atoms. The average molecular weight is 202 g/mol. The van der Waals surface area contributed by atoms with Gasteiger partial charge in [-0.25, -0.2) is 0 Å². The van der Waals surface area contributed by atoms with Crippen LogP contribution in [0.5, 0.6) is 0 Å². The molecule has 1 rings (SSSR count). The van der Waals surface area contributed by atoms with Gasteiger partial charge in [0, 0.05) is 6.54 Å². The van der Waals surface area contributed by atoms with Gasteiger partial charge < -0.3 is 0 Å². The summed E-state index contributed by atoms with van der Waals surface area (Å²) in [6.07, 6.45) is 4.84. The Kier molecular flexibility index (Phi) is 3.95. The number of unbranched alkanes of at least 4 members (excludes halogenated alkanes) is 2. The van der Waals surface area contributed by atoms with Gasteiger partial charge in [0.25, 0.3) is 0 Å². The van der Waals surface area contributed by atoms with Crippen LogP contribution in [0.1, 0.15) is 26.2 Å². The summed E-state index contributed by atoms with van der Waals surface area (Å²) in [5, 5.41) is 5.78. The van der Waals surface area contributed by atoms with Crippen molar-refractivity contribution in [1.29, 1.82) is 0 Å². The highest BCUT2D eigenvalue weighted by Gasteiger charge is 2.12. The van der Waals surface area contributed by atoms with Crippen molar-refractivity contribution in [3.8, 4) is 0 Å². The van der Waals surface area contributed by atoms with Crippen LogP contribution in [0.15, 0.2) is 5.10 Å². The molecule has 0 N–H and O–H groups in total. The minimum atomic E-state index is -2.09. The van der Waals surface area contributed by atoms with Gasteiger partial charge in [-0.1, -0.05) is 19.8 Å². The summed E-state index contributed by atoms with van der Waals surface area (Å²) in [5.74, 6) is 0. The molecule has 0 saturated carbocycles. The standard InChI is InChI=1S/C8H14N2O2S/c1-2-3-4-5-10-7-8(6-9-10)13(11)12/h6H,2-5,7H2,1H3. The topological polar surface area (TPSA) is 49.7 Å². The van der Waals surface area contributed by atoms with Gasteiger partial charge in [0.1, 0.15) is 4.86 Å². The Morgan fingerprint density at radius 3 is 2.85 bits per heavy atom. The number of hydrazone groups is 1. The lowest BCUT2D eigenvalue weighted by Gasteiger charge is -2.11. The molecule has 13 heavy (non-hydrogen) atoms. The van der Waals surface area contributed by atoms with Gasteiger partial charge >= 0.3 is 0 Å². The molecular formula is C8H14N2O2S. The molecule has 74 valence electrons. The molecule has 5 heteroatoms. The van der Waals surface area contributed by atoms with Crippen LogP contribution in [-0.2, 0) is 10.3 Å². The molecule has 0 saturated heterocycles. The van der Waals surface area contributed by atoms with E-state index in [2.05, 4.69) is 12.0 Å². The lowest BCUT2D eigenvalue weighted by Crippen LogP contribution is -2.19. The minimum absolute atomic E-state index is 0.386. The fourth-order valence-electron chi connectivity index (χ4n) is 1.18. The maximum Gasteiger partial charge on any atom is 0.220 e. The van der Waals surface area contributed by atoms with Crippen molar-refractivity contribution >= 4 is 21.4 Å². The summed E-state index contributed by atoms with van der Waals surface area (Å²) in [4.78, 5) is 0.386. The lowest BCUT2D eigenvalue weighted by atomic mass is 10.2. The molecule has 0 aromatic heterocycles. The smallest absolute Gasteiger partial charge is 0.220 e. The van der Waals surface area contributed by atoms with Gasteiger partial charge in [-0.05, 0) is 6.42 Å². The highest BCUT2D eigenvalue weighted by molar-refractivity contribution is 7.74. The van der Waals surface area contributed by atoms with Crippen LogP contribution >= 0.6 is 0 Å². The van der Waals surface area contributed by atoms with E-state index in [0.29, 0.717) is 11.4 Å². The first-order valence-electron chi connectivity index (χ1n) is 4.48. The van der Waals surface area contributed by atoms with E-state index in [9.17, 15) is 8.42 Å². The normalized spacial score (nSPS) is 15.5. The van der Waals surface area contributed by atoms with Crippen molar-refractivity contribution in [2.45, 2.75) is 26.2 Å². The Bertz CT molecular complexity index is 311. The van der Waals surface area contributed by atoms with Gasteiger partial charge in [-0.15, -0.1) is 0 Å². The van der Waals surface area contributed by atoms with Gasteiger partial charge in [-0.2, -0.15) is 13.5 Å². The fraction of sp³-hybridized carbons (Fsp3) is 0.750. The predicted molar refractivity (Wildman–Crippen MR) is 53.5 cm³/mol. The summed E-state index contributed by atoms with van der Waals surface area (Å²) in [6, 6.07) is 0. The molecule has 0 unspecified atom stereocenters. The zero-order chi connectivity index (χ0) is 9.68. The molecule has 0 aromatic rings. The molecular weight excluding hydrogens is 188 g/mol. The van der Waals surface area contributed by atoms with Crippen LogP contribution < -0.4 is 0 Å². The van der Waals surface area contributed by atoms with Crippen LogP contribution in [0, 0.1) is 0 Å². The number of hydrogen-bond donors (Lipinski definition) is 0. The van der Waals surface area contributed by atoms with Crippen LogP contribution in [0.2, 0.25) is 0 Å². The summed E-state index contributed by atoms with van der Waals surface area (Å²) in [6.45, 7) is 3.43. The Balaban J connectivity index is 2.36. The zero-order valence-corrected chi connectivity index (χ0v) is 8.55. The van der Waals surface area contributed by atoms with E-state index in [4.69, 9.17) is 0 Å². The Hall–Kier alpha value is -0.840. The molecule has 0 amide bonds. The van der Waals surface area contributed by atoms with E-state index in [1.807, 2.05) is 0 Å². The molecule has 0 atom stereocenters. The van der Waals surface area contributed by atoms with Gasteiger partial charge in [-0.3, -0.25) is 5.01 Å². The van der Waals surface area contributed by atoms with Gasteiger partial charge in [0.15, 0.2) is 0 Å². The maximum atomic E-state index is 10.5. The second-order valence-corrected chi connectivity index (χ2v) is 4.03. The summed E-state index contributed by atoms with van der Waals surface area (Å²) in [7, 11) is -2.09. The van der Waals surface area contributed by atoms with E-state index in [1.165, 1.54) is 19.1 Å². The van der Waals surface area contributed by atoms with Crippen molar-refractivity contribution in [2.24, 2.45) is 5.10 Å². The van der Waals surface area contributed by atoms with Gasteiger partial charge in [0.2, 0.25) is 10.3 Å². The third-order valence-electron chi connectivity index (χ3n) is 1.94. The second kappa shape index (κ2) is 5.01. The monoisotopic (exact) mass is 202 g/mol. The first kappa shape index (κ1) is 10.2. The van der Waals surface area contributed by atoms with E-state index in [1.54, 1.807) is 5.01 Å². The first-order valence-corrected chi connectivity index (χ1v) is 5.55. The molecule has 4 nitrogen and oxygen atoms in total. The largest absolute Gasteiger partial charge is 0.292 e. The van der Waals surface area contributed by atoms with Crippen LogP contribution in [0.4, 0.5) is 0 Å². The second-order valence-electron chi connectivity index (χ2n) is 3.04. The lowest BCUT2D eigenvalue weighted by molar-refractivity contribution is 0.332. The maximum absolute atomic E-state index is 10.5. The van der Waals surface area contributed by atoms with E-state index in [0.717, 1.165) is 13.0 Å². The number of hydrogen-bond acceptors (Lipinski definition) is 4. The Labute approximate surface area is 79.8 Å². The fourth-order valence-corrected chi connectivity index (χ4v) is 1.57. The minimum Gasteiger partial charge on any atom is -0.292 e. The Morgan fingerprint density at radius 2 is 2.31 bits per heavy atom. The van der Waals surface area contributed by atoms with Crippen LogP contribution in [0.3, 0.4) is 0 Å². The molecule has 0 bridgehead atoms. The highest BCUT2D eigenvalue weighted by Crippen LogP contribution is 2.02. The van der Waals surface area contributed by atoms with Crippen molar-refractivity contribution in [3.05, 3.63) is 0 Å². The van der Waals surface area contributed by atoms with Crippen LogP contribution in [0.25, 0.3) is 0 Å². The third-order valence-corrected chi connectivity index (χ3v) is 2.60. The Morgan fingerprint density at radius 1 is 1.54 bits per heavy atom. The van der Waals surface area contributed by atoms with Crippen molar-refractivity contribution in [2.75, 3.05) is 13.1 Å². The van der Waals surface area contributed by atoms with Crippen LogP contribution in [-0.4, -0.2) is 37.6 Å². The molecule has 1 aliphatic rings. The van der Waals surface area contributed by atoms with Crippen molar-refractivity contribution in [1.82, 2.24) is 5.01 Å². The van der Waals surface area contributed by atoms with E-state index >= 15 is 0 Å². The average Bonchev–Trinajstić information content (AvgIpc) is 2.53. The zero-order valence-electron chi connectivity index (χ0n) is 7.73. The van der Waals surface area contributed by atoms with Crippen molar-refractivity contribution in [3.63, 3.8) is 0 Å². The SMILES string of the molecule is CCCCCN1CC(=S(=O)=O)C=N1. The predicted octanol–water partition coefficient (Wildman–Crippen LogP) is 0.530. The molecule has 0 radical (unpaired) electrons. The van der Waals surface area contributed by atoms with E-state index in [-0.39, 0.29) is 0 Å². The summed E-state index contributed by atoms with van der Waals surface area (Å²) in [5.41, 5.74) is 0. The number of rotatable bonds is 4. The first-order chi connectivity index (χ1) is 6.24.